The van der Waals surface area contributed by atoms with Gasteiger partial charge in [0.1, 0.15) is 0 Å². The minimum atomic E-state index is -2.87. The van der Waals surface area contributed by atoms with Crippen LogP contribution in [0.25, 0.3) is 0 Å². The lowest BCUT2D eigenvalue weighted by Crippen LogP contribution is -2.51. The molecule has 0 aromatic carbocycles. The van der Waals surface area contributed by atoms with Crippen molar-refractivity contribution in [2.24, 2.45) is 0 Å². The molecule has 0 bridgehead atoms. The molecule has 0 amide bonds. The molecule has 1 unspecified atom stereocenters. The Balaban J connectivity index is 3.67. The Kier molecular flexibility index (Phi) is 48.3. The van der Waals surface area contributed by atoms with E-state index in [1.165, 1.54) is 244 Å². The van der Waals surface area contributed by atoms with Gasteiger partial charge < -0.3 is 24.8 Å². The molecule has 0 aliphatic rings. The number of rotatable bonds is 52. The van der Waals surface area contributed by atoms with Gasteiger partial charge in [-0.2, -0.15) is 0 Å². The van der Waals surface area contributed by atoms with Crippen molar-refractivity contribution in [1.29, 1.82) is 0 Å². The quantitative estimate of drug-likeness (QED) is 0.0317. The lowest BCUT2D eigenvalue weighted by Gasteiger charge is -2.30. The normalized spacial score (nSPS) is 12.3. The standard InChI is InChI=1S/C55H108O7/c1-3-5-7-9-11-13-15-17-19-21-23-25-27-29-31-33-35-37-39-41-43-45-47-49-53(58)61-55(60,52(57)51-56)62-54(59)50-48-46-44-42-40-38-36-34-32-30-28-26-24-22-20-18-16-14-12-10-8-6-4-2/h52,56-57,60H,3-51H2,1-2H3. The first-order chi connectivity index (χ1) is 30.4. The van der Waals surface area contributed by atoms with Gasteiger partial charge in [0, 0.05) is 12.8 Å². The van der Waals surface area contributed by atoms with Gasteiger partial charge in [0.2, 0.25) is 0 Å². The van der Waals surface area contributed by atoms with Gasteiger partial charge in [-0.15, -0.1) is 0 Å². The number of aliphatic hydroxyl groups excluding tert-OH is 2. The summed E-state index contributed by atoms with van der Waals surface area (Å²) in [5.41, 5.74) is 0. The third-order valence-electron chi connectivity index (χ3n) is 13.1. The number of hydrogen-bond donors (Lipinski definition) is 3. The monoisotopic (exact) mass is 881 g/mol. The van der Waals surface area contributed by atoms with E-state index in [9.17, 15) is 24.9 Å². The first kappa shape index (κ1) is 60.8. The average molecular weight is 881 g/mol. The summed E-state index contributed by atoms with van der Waals surface area (Å²) in [6, 6.07) is 0. The highest BCUT2D eigenvalue weighted by Crippen LogP contribution is 2.21. The van der Waals surface area contributed by atoms with Crippen LogP contribution in [0, 0.1) is 0 Å². The highest BCUT2D eigenvalue weighted by atomic mass is 16.8. The van der Waals surface area contributed by atoms with Gasteiger partial charge >= 0.3 is 17.9 Å². The van der Waals surface area contributed by atoms with E-state index in [-0.39, 0.29) is 12.8 Å². The van der Waals surface area contributed by atoms with Crippen molar-refractivity contribution in [2.75, 3.05) is 6.61 Å². The van der Waals surface area contributed by atoms with Crippen molar-refractivity contribution in [3.63, 3.8) is 0 Å². The van der Waals surface area contributed by atoms with Gasteiger partial charge in [-0.25, -0.2) is 0 Å². The van der Waals surface area contributed by atoms with E-state index >= 15 is 0 Å². The average Bonchev–Trinajstić information content (AvgIpc) is 3.26. The molecule has 0 aliphatic carbocycles. The van der Waals surface area contributed by atoms with Crippen LogP contribution in [0.1, 0.15) is 322 Å². The molecule has 0 aromatic heterocycles. The largest absolute Gasteiger partial charge is 0.403 e. The zero-order valence-electron chi connectivity index (χ0n) is 41.7. The highest BCUT2D eigenvalue weighted by Gasteiger charge is 2.44. The second-order valence-electron chi connectivity index (χ2n) is 19.3. The topological polar surface area (TPSA) is 113 Å². The minimum Gasteiger partial charge on any atom is -0.396 e. The van der Waals surface area contributed by atoms with Gasteiger partial charge in [0.25, 0.3) is 0 Å². The van der Waals surface area contributed by atoms with Crippen LogP contribution in [-0.2, 0) is 19.1 Å². The molecule has 7 heteroatoms. The summed E-state index contributed by atoms with van der Waals surface area (Å²) in [5, 5.41) is 30.3. The molecular weight excluding hydrogens is 773 g/mol. The Morgan fingerprint density at radius 3 is 0.661 bits per heavy atom. The van der Waals surface area contributed by atoms with Crippen molar-refractivity contribution in [1.82, 2.24) is 0 Å². The van der Waals surface area contributed by atoms with Crippen molar-refractivity contribution in [3.8, 4) is 0 Å². The Morgan fingerprint density at radius 2 is 0.500 bits per heavy atom. The molecule has 0 radical (unpaired) electrons. The predicted octanol–water partition coefficient (Wildman–Crippen LogP) is 16.8. The number of hydrogen-bond acceptors (Lipinski definition) is 7. The zero-order valence-corrected chi connectivity index (χ0v) is 41.7. The molecule has 7 nitrogen and oxygen atoms in total. The van der Waals surface area contributed by atoms with Crippen molar-refractivity contribution in [2.45, 2.75) is 334 Å². The second-order valence-corrected chi connectivity index (χ2v) is 19.3. The molecule has 0 rings (SSSR count). The fourth-order valence-electron chi connectivity index (χ4n) is 8.81. The van der Waals surface area contributed by atoms with E-state index in [4.69, 9.17) is 9.47 Å². The van der Waals surface area contributed by atoms with Gasteiger partial charge in [-0.05, 0) is 12.8 Å². The van der Waals surface area contributed by atoms with Gasteiger partial charge in [0.05, 0.1) is 6.61 Å². The molecule has 0 aliphatic heterocycles. The van der Waals surface area contributed by atoms with E-state index in [0.717, 1.165) is 38.5 Å². The Morgan fingerprint density at radius 1 is 0.339 bits per heavy atom. The van der Waals surface area contributed by atoms with Crippen LogP contribution in [-0.4, -0.2) is 45.9 Å². The smallest absolute Gasteiger partial charge is 0.396 e. The van der Waals surface area contributed by atoms with Gasteiger partial charge in [0.15, 0.2) is 6.10 Å². The molecular formula is C55H108O7. The lowest BCUT2D eigenvalue weighted by molar-refractivity contribution is -0.364. The number of unbranched alkanes of at least 4 members (excludes halogenated alkanes) is 44. The number of esters is 2. The number of carbonyl (C=O) groups excluding carboxylic acids is 2. The number of aliphatic hydroxyl groups is 3. The SMILES string of the molecule is CCCCCCCCCCCCCCCCCCCCCCCCCC(=O)OC(O)(OC(=O)CCCCCCCCCCCCCCCCCCCCCCCCC)C(O)CO. The molecule has 0 fully saturated rings. The zero-order chi connectivity index (χ0) is 45.3. The number of carbonyl (C=O) groups is 2. The van der Waals surface area contributed by atoms with E-state index < -0.39 is 30.6 Å². The first-order valence-corrected chi connectivity index (χ1v) is 27.8. The van der Waals surface area contributed by atoms with Crippen LogP contribution in [0.4, 0.5) is 0 Å². The van der Waals surface area contributed by atoms with E-state index in [1.807, 2.05) is 0 Å². The molecule has 0 heterocycles. The molecule has 0 spiro atoms. The Hall–Kier alpha value is -1.18. The van der Waals surface area contributed by atoms with E-state index in [0.29, 0.717) is 12.8 Å². The third kappa shape index (κ3) is 44.0. The lowest BCUT2D eigenvalue weighted by atomic mass is 10.0. The van der Waals surface area contributed by atoms with Gasteiger partial charge in [-0.1, -0.05) is 296 Å². The molecule has 0 saturated carbocycles. The maximum atomic E-state index is 12.5. The van der Waals surface area contributed by atoms with Crippen LogP contribution in [0.5, 0.6) is 0 Å². The van der Waals surface area contributed by atoms with Crippen LogP contribution >= 0.6 is 0 Å². The fourth-order valence-corrected chi connectivity index (χ4v) is 8.81. The predicted molar refractivity (Wildman–Crippen MR) is 263 cm³/mol. The molecule has 62 heavy (non-hydrogen) atoms. The fraction of sp³-hybridized carbons (Fsp3) is 0.964. The summed E-state index contributed by atoms with van der Waals surface area (Å²) in [7, 11) is 0. The van der Waals surface area contributed by atoms with Crippen molar-refractivity contribution >= 4 is 11.9 Å². The summed E-state index contributed by atoms with van der Waals surface area (Å²) in [6.07, 6.45) is 57.9. The second kappa shape index (κ2) is 49.3. The maximum Gasteiger partial charge on any atom is 0.403 e. The summed E-state index contributed by atoms with van der Waals surface area (Å²) in [5.74, 6) is -4.38. The minimum absolute atomic E-state index is 0.0523. The first-order valence-electron chi connectivity index (χ1n) is 27.8. The summed E-state index contributed by atoms with van der Waals surface area (Å²) >= 11 is 0. The summed E-state index contributed by atoms with van der Waals surface area (Å²) < 4.78 is 10.1. The number of ether oxygens (including phenoxy) is 2. The molecule has 370 valence electrons. The van der Waals surface area contributed by atoms with Crippen LogP contribution in [0.15, 0.2) is 0 Å². The van der Waals surface area contributed by atoms with Crippen LogP contribution < -0.4 is 0 Å². The Labute approximate surface area is 385 Å². The third-order valence-corrected chi connectivity index (χ3v) is 13.1. The molecule has 0 saturated heterocycles. The van der Waals surface area contributed by atoms with Gasteiger partial charge in [-0.3, -0.25) is 9.59 Å². The summed E-state index contributed by atoms with van der Waals surface area (Å²) in [6.45, 7) is 3.66. The molecule has 0 aromatic rings. The van der Waals surface area contributed by atoms with Crippen LogP contribution in [0.2, 0.25) is 0 Å². The van der Waals surface area contributed by atoms with Crippen molar-refractivity contribution in [3.05, 3.63) is 0 Å². The maximum absolute atomic E-state index is 12.5. The molecule has 3 N–H and O–H groups in total. The van der Waals surface area contributed by atoms with Crippen molar-refractivity contribution < 1.29 is 34.4 Å². The Bertz CT molecular complexity index is 846. The van der Waals surface area contributed by atoms with E-state index in [1.54, 1.807) is 0 Å². The molecule has 1 atom stereocenters. The van der Waals surface area contributed by atoms with Crippen LogP contribution in [0.3, 0.4) is 0 Å². The highest BCUT2D eigenvalue weighted by molar-refractivity contribution is 5.71. The summed E-state index contributed by atoms with van der Waals surface area (Å²) in [4.78, 5) is 25.0. The van der Waals surface area contributed by atoms with E-state index in [2.05, 4.69) is 13.8 Å².